The Morgan fingerprint density at radius 1 is 1.04 bits per heavy atom. The molecule has 0 aliphatic carbocycles. The molecule has 0 radical (unpaired) electrons. The van der Waals surface area contributed by atoms with Crippen molar-refractivity contribution in [3.8, 4) is 0 Å². The van der Waals surface area contributed by atoms with Crippen molar-refractivity contribution in [3.05, 3.63) is 18.1 Å². The SMILES string of the molecule is CC(C)c1cncnc1N1CCC(N2CCCC(C(=O)N3CCCC3)C2)CC1. The van der Waals surface area contributed by atoms with Crippen LogP contribution in [0.1, 0.15) is 63.9 Å². The Labute approximate surface area is 169 Å². The van der Waals surface area contributed by atoms with Crippen molar-refractivity contribution in [2.45, 2.75) is 64.3 Å². The Hall–Kier alpha value is -1.69. The number of piperidine rings is 2. The van der Waals surface area contributed by atoms with E-state index in [1.807, 2.05) is 6.20 Å². The molecule has 0 aromatic carbocycles. The average Bonchev–Trinajstić information content (AvgIpc) is 3.28. The topological polar surface area (TPSA) is 52.6 Å². The van der Waals surface area contributed by atoms with Crippen LogP contribution in [-0.2, 0) is 4.79 Å². The van der Waals surface area contributed by atoms with Crippen LogP contribution in [0, 0.1) is 5.92 Å². The van der Waals surface area contributed by atoms with Crippen LogP contribution < -0.4 is 4.90 Å². The van der Waals surface area contributed by atoms with E-state index in [1.165, 1.54) is 18.4 Å². The summed E-state index contributed by atoms with van der Waals surface area (Å²) in [4.78, 5) is 28.8. The van der Waals surface area contributed by atoms with Crippen LogP contribution in [-0.4, -0.2) is 71.0 Å². The highest BCUT2D eigenvalue weighted by Crippen LogP contribution is 2.30. The van der Waals surface area contributed by atoms with E-state index in [0.717, 1.165) is 70.8 Å². The number of anilines is 1. The van der Waals surface area contributed by atoms with Gasteiger partial charge in [0.2, 0.25) is 5.91 Å². The van der Waals surface area contributed by atoms with Crippen LogP contribution in [0.4, 0.5) is 5.82 Å². The molecule has 28 heavy (non-hydrogen) atoms. The first-order valence-electron chi connectivity index (χ1n) is 11.2. The van der Waals surface area contributed by atoms with Gasteiger partial charge in [0.15, 0.2) is 0 Å². The highest BCUT2D eigenvalue weighted by Gasteiger charge is 2.34. The predicted octanol–water partition coefficient (Wildman–Crippen LogP) is 2.90. The highest BCUT2D eigenvalue weighted by atomic mass is 16.2. The second kappa shape index (κ2) is 8.76. The standard InChI is InChI=1S/C22H35N5O/c1-17(2)20-14-23-16-24-21(20)25-12-7-19(8-13-25)27-11-5-6-18(15-27)22(28)26-9-3-4-10-26/h14,16-19H,3-13,15H2,1-2H3. The molecule has 1 atom stereocenters. The molecule has 6 heteroatoms. The van der Waals surface area contributed by atoms with Crippen LogP contribution in [0.15, 0.2) is 12.5 Å². The molecule has 3 saturated heterocycles. The van der Waals surface area contributed by atoms with Crippen molar-refractivity contribution in [2.75, 3.05) is 44.2 Å². The molecular weight excluding hydrogens is 350 g/mol. The number of likely N-dealkylation sites (tertiary alicyclic amines) is 2. The minimum Gasteiger partial charge on any atom is -0.356 e. The molecule has 1 aromatic heterocycles. The van der Waals surface area contributed by atoms with Crippen LogP contribution in [0.25, 0.3) is 0 Å². The van der Waals surface area contributed by atoms with E-state index in [0.29, 0.717) is 17.9 Å². The third-order valence-corrected chi connectivity index (χ3v) is 6.84. The minimum absolute atomic E-state index is 0.222. The molecule has 1 unspecified atom stereocenters. The van der Waals surface area contributed by atoms with Crippen molar-refractivity contribution < 1.29 is 4.79 Å². The fraction of sp³-hybridized carbons (Fsp3) is 0.773. The van der Waals surface area contributed by atoms with E-state index in [4.69, 9.17) is 0 Å². The van der Waals surface area contributed by atoms with Crippen molar-refractivity contribution in [1.29, 1.82) is 0 Å². The summed E-state index contributed by atoms with van der Waals surface area (Å²) in [5, 5.41) is 0. The molecule has 3 fully saturated rings. The number of hydrogen-bond acceptors (Lipinski definition) is 5. The van der Waals surface area contributed by atoms with Crippen LogP contribution in [0.5, 0.6) is 0 Å². The van der Waals surface area contributed by atoms with Gasteiger partial charge in [0.1, 0.15) is 12.1 Å². The molecule has 3 aliphatic rings. The molecule has 0 N–H and O–H groups in total. The third-order valence-electron chi connectivity index (χ3n) is 6.84. The maximum Gasteiger partial charge on any atom is 0.226 e. The Morgan fingerprint density at radius 3 is 2.50 bits per heavy atom. The van der Waals surface area contributed by atoms with Gasteiger partial charge in [-0.2, -0.15) is 0 Å². The van der Waals surface area contributed by atoms with E-state index in [2.05, 4.69) is 38.5 Å². The van der Waals surface area contributed by atoms with Gasteiger partial charge in [-0.3, -0.25) is 9.69 Å². The molecule has 1 amide bonds. The van der Waals surface area contributed by atoms with Crippen molar-refractivity contribution >= 4 is 11.7 Å². The predicted molar refractivity (Wildman–Crippen MR) is 111 cm³/mol. The fourth-order valence-corrected chi connectivity index (χ4v) is 5.18. The molecule has 4 heterocycles. The minimum atomic E-state index is 0.222. The number of aromatic nitrogens is 2. The van der Waals surface area contributed by atoms with E-state index < -0.39 is 0 Å². The Balaban J connectivity index is 1.34. The summed E-state index contributed by atoms with van der Waals surface area (Å²) in [6.45, 7) is 10.6. The molecule has 4 rings (SSSR count). The number of hydrogen-bond donors (Lipinski definition) is 0. The van der Waals surface area contributed by atoms with Gasteiger partial charge in [0.25, 0.3) is 0 Å². The number of carbonyl (C=O) groups is 1. The van der Waals surface area contributed by atoms with Gasteiger partial charge in [-0.25, -0.2) is 9.97 Å². The monoisotopic (exact) mass is 385 g/mol. The molecule has 0 spiro atoms. The zero-order chi connectivity index (χ0) is 19.5. The Bertz CT molecular complexity index is 665. The Kier molecular flexibility index (Phi) is 6.14. The van der Waals surface area contributed by atoms with E-state index in [9.17, 15) is 4.79 Å². The Morgan fingerprint density at radius 2 is 1.79 bits per heavy atom. The van der Waals surface area contributed by atoms with Crippen LogP contribution >= 0.6 is 0 Å². The quantitative estimate of drug-likeness (QED) is 0.798. The molecule has 1 aromatic rings. The molecule has 3 aliphatic heterocycles. The zero-order valence-corrected chi connectivity index (χ0v) is 17.5. The summed E-state index contributed by atoms with van der Waals surface area (Å²) in [5.41, 5.74) is 1.25. The maximum atomic E-state index is 12.8. The van der Waals surface area contributed by atoms with E-state index in [-0.39, 0.29) is 5.92 Å². The van der Waals surface area contributed by atoms with E-state index in [1.54, 1.807) is 6.33 Å². The normalized spacial score (nSPS) is 24.9. The first-order chi connectivity index (χ1) is 13.6. The number of carbonyl (C=O) groups excluding carboxylic acids is 1. The molecule has 154 valence electrons. The second-order valence-electron chi connectivity index (χ2n) is 9.04. The first-order valence-corrected chi connectivity index (χ1v) is 11.2. The number of amides is 1. The third kappa shape index (κ3) is 4.17. The lowest BCUT2D eigenvalue weighted by atomic mass is 9.92. The van der Waals surface area contributed by atoms with Crippen LogP contribution in [0.2, 0.25) is 0 Å². The summed E-state index contributed by atoms with van der Waals surface area (Å²) in [5.74, 6) is 2.19. The first kappa shape index (κ1) is 19.6. The van der Waals surface area contributed by atoms with Crippen molar-refractivity contribution in [3.63, 3.8) is 0 Å². The number of nitrogens with zero attached hydrogens (tertiary/aromatic N) is 5. The smallest absolute Gasteiger partial charge is 0.226 e. The summed E-state index contributed by atoms with van der Waals surface area (Å²) >= 11 is 0. The lowest BCUT2D eigenvalue weighted by Gasteiger charge is -2.43. The second-order valence-corrected chi connectivity index (χ2v) is 9.04. The van der Waals surface area contributed by atoms with E-state index >= 15 is 0 Å². The molecule has 6 nitrogen and oxygen atoms in total. The maximum absolute atomic E-state index is 12.8. The fourth-order valence-electron chi connectivity index (χ4n) is 5.18. The summed E-state index contributed by atoms with van der Waals surface area (Å²) in [6.07, 6.45) is 10.6. The van der Waals surface area contributed by atoms with Gasteiger partial charge in [-0.05, 0) is 51.0 Å². The van der Waals surface area contributed by atoms with Crippen molar-refractivity contribution in [1.82, 2.24) is 19.8 Å². The largest absolute Gasteiger partial charge is 0.356 e. The molecular formula is C22H35N5O. The van der Waals surface area contributed by atoms with Crippen LogP contribution in [0.3, 0.4) is 0 Å². The average molecular weight is 386 g/mol. The van der Waals surface area contributed by atoms with Crippen molar-refractivity contribution in [2.24, 2.45) is 5.92 Å². The lowest BCUT2D eigenvalue weighted by molar-refractivity contribution is -0.136. The number of rotatable bonds is 4. The lowest BCUT2D eigenvalue weighted by Crippen LogP contribution is -2.51. The molecule has 0 bridgehead atoms. The van der Waals surface area contributed by atoms with Gasteiger partial charge < -0.3 is 9.80 Å². The van der Waals surface area contributed by atoms with Gasteiger partial charge in [0, 0.05) is 50.5 Å². The van der Waals surface area contributed by atoms with Gasteiger partial charge in [-0.15, -0.1) is 0 Å². The molecule has 0 saturated carbocycles. The van der Waals surface area contributed by atoms with Gasteiger partial charge in [0.05, 0.1) is 5.92 Å². The summed E-state index contributed by atoms with van der Waals surface area (Å²) in [7, 11) is 0. The van der Waals surface area contributed by atoms with Gasteiger partial charge in [-0.1, -0.05) is 13.8 Å². The zero-order valence-electron chi connectivity index (χ0n) is 17.5. The summed E-state index contributed by atoms with van der Waals surface area (Å²) < 4.78 is 0. The summed E-state index contributed by atoms with van der Waals surface area (Å²) in [6, 6.07) is 0.606. The van der Waals surface area contributed by atoms with Gasteiger partial charge >= 0.3 is 0 Å². The highest BCUT2D eigenvalue weighted by molar-refractivity contribution is 5.79.